The van der Waals surface area contributed by atoms with Crippen molar-refractivity contribution in [3.63, 3.8) is 0 Å². The van der Waals surface area contributed by atoms with Crippen LogP contribution in [0.4, 0.5) is 0 Å². The van der Waals surface area contributed by atoms with E-state index in [1.54, 1.807) is 11.3 Å². The molecule has 0 aliphatic rings. The van der Waals surface area contributed by atoms with Gasteiger partial charge in [0, 0.05) is 23.3 Å². The van der Waals surface area contributed by atoms with E-state index in [4.69, 9.17) is 0 Å². The fraction of sp³-hybridized carbons (Fsp3) is 0. The minimum atomic E-state index is 0.738. The van der Waals surface area contributed by atoms with Gasteiger partial charge in [0.25, 0.3) is 0 Å². The molecule has 0 saturated heterocycles. The fourth-order valence-corrected chi connectivity index (χ4v) is 2.95. The first kappa shape index (κ1) is 10.8. The summed E-state index contributed by atoms with van der Waals surface area (Å²) in [6, 6.07) is 16.3. The maximum atomic E-state index is 9.39. The largest absolute Gasteiger partial charge is 0.314 e. The minimum Gasteiger partial charge on any atom is -0.314 e. The Morgan fingerprint density at radius 1 is 1.00 bits per heavy atom. The molecule has 0 saturated carbocycles. The lowest BCUT2D eigenvalue weighted by atomic mass is 10.1. The fourth-order valence-electron chi connectivity index (χ4n) is 1.95. The Morgan fingerprint density at radius 2 is 1.72 bits per heavy atom. The highest BCUT2D eigenvalue weighted by molar-refractivity contribution is 7.13. The standard InChI is InChI=1S/C15H10N2S/c16-10-13-14(12-6-2-1-3-7-12)11-18-15(13)17-8-4-5-9-17/h1-9,11H. The number of hydrogen-bond acceptors (Lipinski definition) is 2. The van der Waals surface area contributed by atoms with Gasteiger partial charge in [0.1, 0.15) is 11.1 Å². The molecule has 1 aromatic carbocycles. The van der Waals surface area contributed by atoms with Crippen molar-refractivity contribution in [2.45, 2.75) is 0 Å². The monoisotopic (exact) mass is 250 g/mol. The van der Waals surface area contributed by atoms with Crippen LogP contribution in [0.25, 0.3) is 16.1 Å². The van der Waals surface area contributed by atoms with E-state index in [1.165, 1.54) is 0 Å². The van der Waals surface area contributed by atoms with Gasteiger partial charge in [0.2, 0.25) is 0 Å². The summed E-state index contributed by atoms with van der Waals surface area (Å²) in [4.78, 5) is 0. The first-order chi connectivity index (χ1) is 8.90. The SMILES string of the molecule is N#Cc1c(-c2ccccc2)csc1-n1cccc1. The Balaban J connectivity index is 2.17. The zero-order valence-electron chi connectivity index (χ0n) is 9.58. The van der Waals surface area contributed by atoms with Crippen LogP contribution in [-0.4, -0.2) is 4.57 Å². The number of benzene rings is 1. The molecule has 3 heteroatoms. The third-order valence-electron chi connectivity index (χ3n) is 2.81. The molecule has 3 rings (SSSR count). The van der Waals surface area contributed by atoms with Crippen molar-refractivity contribution in [3.8, 4) is 22.2 Å². The van der Waals surface area contributed by atoms with Gasteiger partial charge in [-0.15, -0.1) is 11.3 Å². The molecule has 18 heavy (non-hydrogen) atoms. The Labute approximate surface area is 109 Å². The van der Waals surface area contributed by atoms with Gasteiger partial charge in [-0.3, -0.25) is 0 Å². The maximum absolute atomic E-state index is 9.39. The molecule has 0 radical (unpaired) electrons. The van der Waals surface area contributed by atoms with Gasteiger partial charge in [-0.25, -0.2) is 0 Å². The highest BCUT2D eigenvalue weighted by Crippen LogP contribution is 2.33. The van der Waals surface area contributed by atoms with E-state index in [9.17, 15) is 5.26 Å². The molecule has 0 bridgehead atoms. The van der Waals surface area contributed by atoms with E-state index in [2.05, 4.69) is 6.07 Å². The summed E-state index contributed by atoms with van der Waals surface area (Å²) >= 11 is 1.59. The summed E-state index contributed by atoms with van der Waals surface area (Å²) in [6.07, 6.45) is 3.92. The molecule has 0 aliphatic heterocycles. The van der Waals surface area contributed by atoms with Gasteiger partial charge < -0.3 is 4.57 Å². The molecule has 0 unspecified atom stereocenters. The predicted molar refractivity (Wildman–Crippen MR) is 73.8 cm³/mol. The summed E-state index contributed by atoms with van der Waals surface area (Å²) in [6.45, 7) is 0. The summed E-state index contributed by atoms with van der Waals surface area (Å²) in [5.74, 6) is 0. The zero-order chi connectivity index (χ0) is 12.4. The van der Waals surface area contributed by atoms with Gasteiger partial charge in [0.05, 0.1) is 5.56 Å². The molecule has 0 atom stereocenters. The number of nitrogens with zero attached hydrogens (tertiary/aromatic N) is 2. The lowest BCUT2D eigenvalue weighted by Crippen LogP contribution is -1.89. The van der Waals surface area contributed by atoms with E-state index in [0.29, 0.717) is 0 Å². The van der Waals surface area contributed by atoms with Crippen LogP contribution in [0.2, 0.25) is 0 Å². The zero-order valence-corrected chi connectivity index (χ0v) is 10.4. The lowest BCUT2D eigenvalue weighted by molar-refractivity contribution is 1.11. The van der Waals surface area contributed by atoms with Crippen molar-refractivity contribution >= 4 is 11.3 Å². The first-order valence-corrected chi connectivity index (χ1v) is 6.48. The van der Waals surface area contributed by atoms with Crippen LogP contribution < -0.4 is 0 Å². The van der Waals surface area contributed by atoms with Crippen molar-refractivity contribution in [2.24, 2.45) is 0 Å². The third kappa shape index (κ3) is 1.73. The molecule has 0 spiro atoms. The Bertz CT molecular complexity index is 688. The molecule has 0 aliphatic carbocycles. The predicted octanol–water partition coefficient (Wildman–Crippen LogP) is 4.08. The highest BCUT2D eigenvalue weighted by atomic mass is 32.1. The van der Waals surface area contributed by atoms with Gasteiger partial charge in [0.15, 0.2) is 0 Å². The van der Waals surface area contributed by atoms with Crippen molar-refractivity contribution in [1.29, 1.82) is 5.26 Å². The van der Waals surface area contributed by atoms with E-state index >= 15 is 0 Å². The van der Waals surface area contributed by atoms with Crippen molar-refractivity contribution < 1.29 is 0 Å². The van der Waals surface area contributed by atoms with Crippen LogP contribution in [0.15, 0.2) is 60.2 Å². The normalized spacial score (nSPS) is 10.2. The summed E-state index contributed by atoms with van der Waals surface area (Å²) < 4.78 is 1.98. The van der Waals surface area contributed by atoms with Crippen LogP contribution in [0.5, 0.6) is 0 Å². The molecule has 0 amide bonds. The molecule has 86 valence electrons. The molecule has 2 heterocycles. The average molecular weight is 250 g/mol. The van der Waals surface area contributed by atoms with Crippen molar-refractivity contribution in [1.82, 2.24) is 4.57 Å². The van der Waals surface area contributed by atoms with Crippen LogP contribution in [-0.2, 0) is 0 Å². The smallest absolute Gasteiger partial charge is 0.118 e. The number of hydrogen-bond donors (Lipinski definition) is 0. The van der Waals surface area contributed by atoms with Gasteiger partial charge in [-0.05, 0) is 17.7 Å². The van der Waals surface area contributed by atoms with Crippen LogP contribution in [0.3, 0.4) is 0 Å². The first-order valence-electron chi connectivity index (χ1n) is 5.60. The Morgan fingerprint density at radius 3 is 2.39 bits per heavy atom. The Kier molecular flexibility index (Phi) is 2.71. The lowest BCUT2D eigenvalue weighted by Gasteiger charge is -2.01. The van der Waals surface area contributed by atoms with E-state index in [1.807, 2.05) is 64.8 Å². The number of rotatable bonds is 2. The summed E-state index contributed by atoms with van der Waals surface area (Å²) in [5.41, 5.74) is 2.83. The van der Waals surface area contributed by atoms with Crippen molar-refractivity contribution in [2.75, 3.05) is 0 Å². The molecule has 0 N–H and O–H groups in total. The topological polar surface area (TPSA) is 28.7 Å². The maximum Gasteiger partial charge on any atom is 0.118 e. The molecular weight excluding hydrogens is 240 g/mol. The van der Waals surface area contributed by atoms with Gasteiger partial charge in [-0.1, -0.05) is 30.3 Å². The third-order valence-corrected chi connectivity index (χ3v) is 3.80. The van der Waals surface area contributed by atoms with E-state index in [0.717, 1.165) is 21.7 Å². The van der Waals surface area contributed by atoms with Crippen LogP contribution in [0, 0.1) is 11.3 Å². The second-order valence-electron chi connectivity index (χ2n) is 3.90. The minimum absolute atomic E-state index is 0.738. The van der Waals surface area contributed by atoms with E-state index < -0.39 is 0 Å². The second-order valence-corrected chi connectivity index (χ2v) is 4.76. The van der Waals surface area contributed by atoms with Gasteiger partial charge >= 0.3 is 0 Å². The van der Waals surface area contributed by atoms with Gasteiger partial charge in [-0.2, -0.15) is 5.26 Å². The molecule has 2 nitrogen and oxygen atoms in total. The number of aromatic nitrogens is 1. The number of thiophene rings is 1. The number of nitriles is 1. The van der Waals surface area contributed by atoms with E-state index in [-0.39, 0.29) is 0 Å². The molecule has 0 fully saturated rings. The second kappa shape index (κ2) is 4.52. The van der Waals surface area contributed by atoms with Crippen molar-refractivity contribution in [3.05, 3.63) is 65.8 Å². The molecule has 3 aromatic rings. The average Bonchev–Trinajstić information content (AvgIpc) is 3.08. The summed E-state index contributed by atoms with van der Waals surface area (Å²) in [7, 11) is 0. The van der Waals surface area contributed by atoms with Crippen LogP contribution in [0.1, 0.15) is 5.56 Å². The molecular formula is C15H10N2S. The molecule has 2 aromatic heterocycles. The quantitative estimate of drug-likeness (QED) is 0.673. The van der Waals surface area contributed by atoms with Crippen LogP contribution >= 0.6 is 11.3 Å². The highest BCUT2D eigenvalue weighted by Gasteiger charge is 2.13. The Hall–Kier alpha value is -2.31. The summed E-state index contributed by atoms with van der Waals surface area (Å²) in [5, 5.41) is 12.4.